The fraction of sp³-hybridized carbons (Fsp3) is 0.500. The highest BCUT2D eigenvalue weighted by Crippen LogP contribution is 2.60. The fourth-order valence-corrected chi connectivity index (χ4v) is 3.93. The molecule has 1 aromatic heterocycles. The van der Waals surface area contributed by atoms with Crippen LogP contribution in [0.3, 0.4) is 0 Å². The number of amides is 2. The highest BCUT2D eigenvalue weighted by molar-refractivity contribution is 5.87. The van der Waals surface area contributed by atoms with Crippen molar-refractivity contribution in [2.75, 3.05) is 11.9 Å². The van der Waals surface area contributed by atoms with Crippen LogP contribution in [0.2, 0.25) is 0 Å². The molecular weight excluding hydrogens is 302 g/mol. The van der Waals surface area contributed by atoms with E-state index in [1.54, 1.807) is 10.9 Å². The Kier molecular flexibility index (Phi) is 3.96. The molecule has 2 amide bonds. The van der Waals surface area contributed by atoms with Crippen molar-refractivity contribution >= 4 is 11.8 Å². The van der Waals surface area contributed by atoms with Crippen LogP contribution < -0.4 is 10.6 Å². The van der Waals surface area contributed by atoms with E-state index in [2.05, 4.69) is 20.9 Å². The van der Waals surface area contributed by atoms with Crippen molar-refractivity contribution in [3.8, 4) is 0 Å². The average Bonchev–Trinajstić information content (AvgIpc) is 3.05. The molecule has 1 heterocycles. The van der Waals surface area contributed by atoms with Crippen molar-refractivity contribution in [3.63, 3.8) is 0 Å². The second kappa shape index (κ2) is 6.26. The van der Waals surface area contributed by atoms with Gasteiger partial charge in [0.25, 0.3) is 0 Å². The van der Waals surface area contributed by atoms with Gasteiger partial charge in [-0.1, -0.05) is 42.0 Å². The van der Waals surface area contributed by atoms with Crippen LogP contribution in [0, 0.1) is 11.3 Å². The molecule has 6 heteroatoms. The van der Waals surface area contributed by atoms with Crippen molar-refractivity contribution in [2.45, 2.75) is 38.6 Å². The summed E-state index contributed by atoms with van der Waals surface area (Å²) in [7, 11) is 0. The third-order valence-corrected chi connectivity index (χ3v) is 5.46. The second-order valence-electron chi connectivity index (χ2n) is 7.07. The van der Waals surface area contributed by atoms with E-state index in [1.807, 2.05) is 30.3 Å². The summed E-state index contributed by atoms with van der Waals surface area (Å²) in [4.78, 5) is 12.1. The third kappa shape index (κ3) is 3.27. The number of nitrogens with one attached hydrogen (secondary N) is 2. The Morgan fingerprint density at radius 1 is 1.25 bits per heavy atom. The SMILES string of the molecule is O=C(NCC1CCCC12CC2)Nc1cn(Cc2ccccc2)nn1. The molecule has 0 bridgehead atoms. The number of carbonyl (C=O) groups excluding carboxylic acids is 1. The van der Waals surface area contributed by atoms with Crippen LogP contribution >= 0.6 is 0 Å². The van der Waals surface area contributed by atoms with Gasteiger partial charge in [-0.05, 0) is 42.6 Å². The van der Waals surface area contributed by atoms with Crippen molar-refractivity contribution in [1.82, 2.24) is 20.3 Å². The van der Waals surface area contributed by atoms with E-state index < -0.39 is 0 Å². The maximum atomic E-state index is 12.1. The lowest BCUT2D eigenvalue weighted by Crippen LogP contribution is -2.34. The Balaban J connectivity index is 1.27. The Hall–Kier alpha value is -2.37. The van der Waals surface area contributed by atoms with Gasteiger partial charge in [-0.2, -0.15) is 0 Å². The minimum absolute atomic E-state index is 0.190. The number of hydrogen-bond donors (Lipinski definition) is 2. The Labute approximate surface area is 141 Å². The van der Waals surface area contributed by atoms with E-state index in [4.69, 9.17) is 0 Å². The Morgan fingerprint density at radius 3 is 2.88 bits per heavy atom. The zero-order valence-electron chi connectivity index (χ0n) is 13.7. The first-order valence-electron chi connectivity index (χ1n) is 8.72. The first kappa shape index (κ1) is 15.2. The van der Waals surface area contributed by atoms with Gasteiger partial charge in [-0.15, -0.1) is 5.10 Å². The normalized spacial score (nSPS) is 20.9. The molecule has 4 rings (SSSR count). The third-order valence-electron chi connectivity index (χ3n) is 5.46. The molecule has 0 saturated heterocycles. The smallest absolute Gasteiger partial charge is 0.320 e. The average molecular weight is 325 g/mol. The highest BCUT2D eigenvalue weighted by atomic mass is 16.2. The largest absolute Gasteiger partial charge is 0.338 e. The summed E-state index contributed by atoms with van der Waals surface area (Å²) in [5.74, 6) is 1.13. The number of rotatable bonds is 5. The standard InChI is InChI=1S/C18H23N5O/c24-17(19-11-15-7-4-8-18(15)9-10-18)20-16-13-23(22-21-16)12-14-5-2-1-3-6-14/h1-3,5-6,13,15H,4,7-12H2,(H2,19,20,24). The fourth-order valence-electron chi connectivity index (χ4n) is 3.93. The van der Waals surface area contributed by atoms with Crippen molar-refractivity contribution < 1.29 is 4.79 Å². The predicted octanol–water partition coefficient (Wildman–Crippen LogP) is 3.03. The van der Waals surface area contributed by atoms with Crippen molar-refractivity contribution in [2.24, 2.45) is 11.3 Å². The van der Waals surface area contributed by atoms with Crippen LogP contribution in [-0.2, 0) is 6.54 Å². The molecule has 1 spiro atoms. The van der Waals surface area contributed by atoms with Gasteiger partial charge in [0.2, 0.25) is 0 Å². The molecule has 1 unspecified atom stereocenters. The molecule has 2 saturated carbocycles. The molecule has 2 aliphatic carbocycles. The number of benzene rings is 1. The molecule has 2 fully saturated rings. The monoisotopic (exact) mass is 325 g/mol. The molecular formula is C18H23N5O. The molecule has 6 nitrogen and oxygen atoms in total. The first-order chi connectivity index (χ1) is 11.7. The minimum Gasteiger partial charge on any atom is -0.338 e. The van der Waals surface area contributed by atoms with Crippen molar-refractivity contribution in [1.29, 1.82) is 0 Å². The number of nitrogens with zero attached hydrogens (tertiary/aromatic N) is 3. The van der Waals surface area contributed by atoms with Gasteiger partial charge in [0.05, 0.1) is 12.7 Å². The van der Waals surface area contributed by atoms with Gasteiger partial charge < -0.3 is 5.32 Å². The van der Waals surface area contributed by atoms with E-state index in [-0.39, 0.29) is 6.03 Å². The molecule has 126 valence electrons. The van der Waals surface area contributed by atoms with Crippen LogP contribution in [0.1, 0.15) is 37.7 Å². The summed E-state index contributed by atoms with van der Waals surface area (Å²) in [6.45, 7) is 1.41. The lowest BCUT2D eigenvalue weighted by atomic mass is 9.93. The predicted molar refractivity (Wildman–Crippen MR) is 91.6 cm³/mol. The summed E-state index contributed by atoms with van der Waals surface area (Å²) < 4.78 is 1.72. The second-order valence-corrected chi connectivity index (χ2v) is 7.07. The summed E-state index contributed by atoms with van der Waals surface area (Å²) in [5, 5.41) is 13.8. The van der Waals surface area contributed by atoms with Gasteiger partial charge in [0.1, 0.15) is 0 Å². The molecule has 2 N–H and O–H groups in total. The van der Waals surface area contributed by atoms with Crippen LogP contribution in [0.15, 0.2) is 36.5 Å². The molecule has 24 heavy (non-hydrogen) atoms. The van der Waals surface area contributed by atoms with E-state index in [1.165, 1.54) is 32.1 Å². The lowest BCUT2D eigenvalue weighted by Gasteiger charge is -2.18. The summed E-state index contributed by atoms with van der Waals surface area (Å²) in [6.07, 6.45) is 8.33. The summed E-state index contributed by atoms with van der Waals surface area (Å²) in [5.41, 5.74) is 1.71. The van der Waals surface area contributed by atoms with Gasteiger partial charge >= 0.3 is 6.03 Å². The van der Waals surface area contributed by atoms with Crippen LogP contribution in [0.25, 0.3) is 0 Å². The molecule has 0 aliphatic heterocycles. The van der Waals surface area contributed by atoms with E-state index in [0.29, 0.717) is 23.7 Å². The molecule has 1 atom stereocenters. The number of hydrogen-bond acceptors (Lipinski definition) is 3. The summed E-state index contributed by atoms with van der Waals surface area (Å²) >= 11 is 0. The van der Waals surface area contributed by atoms with Gasteiger partial charge in [-0.3, -0.25) is 5.32 Å². The Morgan fingerprint density at radius 2 is 2.08 bits per heavy atom. The zero-order valence-corrected chi connectivity index (χ0v) is 13.7. The van der Waals surface area contributed by atoms with Crippen LogP contribution in [0.4, 0.5) is 10.6 Å². The highest BCUT2D eigenvalue weighted by Gasteiger charge is 2.51. The number of aromatic nitrogens is 3. The minimum atomic E-state index is -0.190. The molecule has 0 radical (unpaired) electrons. The Bertz CT molecular complexity index is 707. The van der Waals surface area contributed by atoms with E-state index in [9.17, 15) is 4.79 Å². The van der Waals surface area contributed by atoms with Gasteiger partial charge in [0.15, 0.2) is 5.82 Å². The topological polar surface area (TPSA) is 71.8 Å². The number of anilines is 1. The van der Waals surface area contributed by atoms with Crippen LogP contribution in [-0.4, -0.2) is 27.6 Å². The molecule has 2 aromatic rings. The number of carbonyl (C=O) groups is 1. The van der Waals surface area contributed by atoms with Crippen molar-refractivity contribution in [3.05, 3.63) is 42.1 Å². The quantitative estimate of drug-likeness (QED) is 0.887. The lowest BCUT2D eigenvalue weighted by molar-refractivity contribution is 0.247. The van der Waals surface area contributed by atoms with E-state index >= 15 is 0 Å². The maximum absolute atomic E-state index is 12.1. The number of urea groups is 1. The zero-order chi connectivity index (χ0) is 16.4. The summed E-state index contributed by atoms with van der Waals surface area (Å²) in [6, 6.07) is 9.86. The molecule has 2 aliphatic rings. The molecule has 1 aromatic carbocycles. The van der Waals surface area contributed by atoms with Gasteiger partial charge in [0, 0.05) is 6.54 Å². The maximum Gasteiger partial charge on any atom is 0.320 e. The van der Waals surface area contributed by atoms with Crippen LogP contribution in [0.5, 0.6) is 0 Å². The van der Waals surface area contributed by atoms with Gasteiger partial charge in [-0.25, -0.2) is 9.48 Å². The first-order valence-corrected chi connectivity index (χ1v) is 8.72. The van der Waals surface area contributed by atoms with E-state index in [0.717, 1.165) is 12.1 Å².